The molecule has 4 rings (SSSR count). The van der Waals surface area contributed by atoms with Crippen LogP contribution >= 0.6 is 0 Å². The number of fused-ring (bicyclic) bond motifs is 2. The average molecular weight is 378 g/mol. The van der Waals surface area contributed by atoms with Crippen LogP contribution in [0.25, 0.3) is 10.9 Å². The lowest BCUT2D eigenvalue weighted by Gasteiger charge is -2.12. The van der Waals surface area contributed by atoms with E-state index < -0.39 is 23.7 Å². The van der Waals surface area contributed by atoms with Gasteiger partial charge in [-0.25, -0.2) is 4.79 Å². The van der Waals surface area contributed by atoms with E-state index in [1.54, 1.807) is 30.3 Å². The Morgan fingerprint density at radius 3 is 2.36 bits per heavy atom. The summed E-state index contributed by atoms with van der Waals surface area (Å²) in [4.78, 5) is 53.4. The van der Waals surface area contributed by atoms with Crippen LogP contribution in [0.15, 0.2) is 48.5 Å². The minimum Gasteiger partial charge on any atom is -0.350 e. The van der Waals surface area contributed by atoms with Gasteiger partial charge in [0, 0.05) is 11.9 Å². The molecular weight excluding hydrogens is 364 g/mol. The third-order valence-electron chi connectivity index (χ3n) is 4.25. The van der Waals surface area contributed by atoms with Crippen molar-refractivity contribution >= 4 is 34.6 Å². The maximum absolute atomic E-state index is 12.2. The summed E-state index contributed by atoms with van der Waals surface area (Å²) >= 11 is 0. The Bertz CT molecular complexity index is 1090. The summed E-state index contributed by atoms with van der Waals surface area (Å²) in [5, 5.41) is 10.4. The summed E-state index contributed by atoms with van der Waals surface area (Å²) in [7, 11) is 0. The second kappa shape index (κ2) is 6.95. The van der Waals surface area contributed by atoms with Crippen molar-refractivity contribution in [1.82, 2.24) is 20.6 Å². The Morgan fingerprint density at radius 2 is 1.64 bits per heavy atom. The number of benzene rings is 2. The number of aromatic nitrogens is 2. The molecule has 3 amide bonds. The number of amides is 3. The first-order valence-corrected chi connectivity index (χ1v) is 8.46. The lowest BCUT2D eigenvalue weighted by molar-refractivity contribution is -0.168. The van der Waals surface area contributed by atoms with Crippen LogP contribution in [0.1, 0.15) is 37.6 Å². The van der Waals surface area contributed by atoms with Crippen molar-refractivity contribution in [1.29, 1.82) is 0 Å². The predicted molar refractivity (Wildman–Crippen MR) is 96.1 cm³/mol. The molecule has 0 saturated carbocycles. The summed E-state index contributed by atoms with van der Waals surface area (Å²) in [6.45, 7) is -0.0397. The van der Waals surface area contributed by atoms with E-state index in [2.05, 4.69) is 15.5 Å². The molecule has 1 aliphatic rings. The Balaban J connectivity index is 1.32. The molecule has 0 radical (unpaired) electrons. The smallest absolute Gasteiger partial charge is 0.335 e. The lowest BCUT2D eigenvalue weighted by Crippen LogP contribution is -2.34. The number of aromatic amines is 1. The number of nitrogens with zero attached hydrogens (tertiary/aromatic N) is 2. The molecule has 3 aromatic rings. The molecule has 9 heteroatoms. The Labute approximate surface area is 158 Å². The van der Waals surface area contributed by atoms with Crippen LogP contribution in [0.4, 0.5) is 0 Å². The molecule has 2 aromatic carbocycles. The minimum atomic E-state index is -0.818. The van der Waals surface area contributed by atoms with Crippen molar-refractivity contribution in [3.63, 3.8) is 0 Å². The number of imide groups is 1. The third kappa shape index (κ3) is 2.98. The van der Waals surface area contributed by atoms with Gasteiger partial charge >= 0.3 is 5.97 Å². The topological polar surface area (TPSA) is 121 Å². The molecular formula is C19H14N4O5. The molecule has 0 fully saturated rings. The van der Waals surface area contributed by atoms with Gasteiger partial charge in [-0.15, -0.1) is 0 Å². The molecule has 0 spiro atoms. The summed E-state index contributed by atoms with van der Waals surface area (Å²) in [5.41, 5.74) is 1.29. The molecule has 1 aliphatic heterocycles. The number of rotatable bonds is 5. The highest BCUT2D eigenvalue weighted by atomic mass is 16.7. The zero-order valence-corrected chi connectivity index (χ0v) is 14.5. The number of carbonyl (C=O) groups excluding carboxylic acids is 4. The van der Waals surface area contributed by atoms with Gasteiger partial charge in [-0.2, -0.15) is 5.10 Å². The van der Waals surface area contributed by atoms with Gasteiger partial charge in [-0.05, 0) is 18.2 Å². The van der Waals surface area contributed by atoms with Crippen LogP contribution in [-0.2, 0) is 9.63 Å². The number of carbonyl (C=O) groups is 4. The van der Waals surface area contributed by atoms with Crippen LogP contribution < -0.4 is 5.32 Å². The summed E-state index contributed by atoms with van der Waals surface area (Å²) in [6.07, 6.45) is -0.221. The first-order chi connectivity index (χ1) is 13.6. The van der Waals surface area contributed by atoms with Gasteiger partial charge in [-0.1, -0.05) is 35.4 Å². The maximum Gasteiger partial charge on any atom is 0.335 e. The quantitative estimate of drug-likeness (QED) is 0.648. The van der Waals surface area contributed by atoms with Crippen LogP contribution in [-0.4, -0.2) is 45.5 Å². The van der Waals surface area contributed by atoms with Crippen LogP contribution in [0, 0.1) is 0 Å². The second-order valence-electron chi connectivity index (χ2n) is 6.04. The predicted octanol–water partition coefficient (Wildman–Crippen LogP) is 1.44. The normalized spacial score (nSPS) is 12.9. The van der Waals surface area contributed by atoms with Gasteiger partial charge in [-0.3, -0.25) is 19.5 Å². The fourth-order valence-corrected chi connectivity index (χ4v) is 2.90. The first kappa shape index (κ1) is 17.4. The van der Waals surface area contributed by atoms with E-state index in [-0.39, 0.29) is 29.8 Å². The van der Waals surface area contributed by atoms with E-state index in [0.717, 1.165) is 5.52 Å². The third-order valence-corrected chi connectivity index (χ3v) is 4.25. The summed E-state index contributed by atoms with van der Waals surface area (Å²) in [6, 6.07) is 13.3. The number of hydroxylamine groups is 2. The van der Waals surface area contributed by atoms with Crippen molar-refractivity contribution < 1.29 is 24.0 Å². The zero-order valence-electron chi connectivity index (χ0n) is 14.5. The molecule has 140 valence electrons. The molecule has 0 aliphatic carbocycles. The lowest BCUT2D eigenvalue weighted by atomic mass is 10.1. The van der Waals surface area contributed by atoms with Crippen molar-refractivity contribution in [2.75, 3.05) is 6.54 Å². The molecule has 28 heavy (non-hydrogen) atoms. The second-order valence-corrected chi connectivity index (χ2v) is 6.04. The van der Waals surface area contributed by atoms with Crippen molar-refractivity contribution in [2.24, 2.45) is 0 Å². The summed E-state index contributed by atoms with van der Waals surface area (Å²) in [5.74, 6) is -2.66. The number of nitrogens with one attached hydrogen (secondary N) is 2. The highest BCUT2D eigenvalue weighted by Crippen LogP contribution is 2.22. The molecule has 0 atom stereocenters. The summed E-state index contributed by atoms with van der Waals surface area (Å²) < 4.78 is 0. The fraction of sp³-hybridized carbons (Fsp3) is 0.105. The van der Waals surface area contributed by atoms with E-state index in [1.165, 1.54) is 12.1 Å². The van der Waals surface area contributed by atoms with E-state index in [9.17, 15) is 19.2 Å². The highest BCUT2D eigenvalue weighted by molar-refractivity contribution is 6.20. The molecule has 0 unspecified atom stereocenters. The average Bonchev–Trinajstić information content (AvgIpc) is 3.24. The Kier molecular flexibility index (Phi) is 4.32. The van der Waals surface area contributed by atoms with Gasteiger partial charge in [0.1, 0.15) is 0 Å². The van der Waals surface area contributed by atoms with E-state index >= 15 is 0 Å². The standard InChI is InChI=1S/C19H14N4O5/c24-15(28-23-18(26)11-5-1-2-6-12(11)19(23)27)9-10-20-17(25)16-13-7-3-4-8-14(13)21-22-16/h1-8H,9-10H2,(H,20,25)(H,21,22). The largest absolute Gasteiger partial charge is 0.350 e. The fourth-order valence-electron chi connectivity index (χ4n) is 2.90. The molecule has 0 saturated heterocycles. The van der Waals surface area contributed by atoms with Crippen molar-refractivity contribution in [2.45, 2.75) is 6.42 Å². The van der Waals surface area contributed by atoms with Gasteiger partial charge in [0.15, 0.2) is 5.69 Å². The minimum absolute atomic E-state index is 0.0397. The van der Waals surface area contributed by atoms with Crippen LogP contribution in [0.3, 0.4) is 0 Å². The van der Waals surface area contributed by atoms with Gasteiger partial charge in [0.25, 0.3) is 17.7 Å². The van der Waals surface area contributed by atoms with Gasteiger partial charge < -0.3 is 10.2 Å². The number of hydrogen-bond acceptors (Lipinski definition) is 6. The zero-order chi connectivity index (χ0) is 19.7. The first-order valence-electron chi connectivity index (χ1n) is 8.46. The van der Waals surface area contributed by atoms with E-state index in [0.29, 0.717) is 10.4 Å². The molecule has 9 nitrogen and oxygen atoms in total. The molecule has 1 aromatic heterocycles. The van der Waals surface area contributed by atoms with E-state index in [1.807, 2.05) is 6.07 Å². The Morgan fingerprint density at radius 1 is 1.00 bits per heavy atom. The molecule has 2 heterocycles. The number of hydrogen-bond donors (Lipinski definition) is 2. The molecule has 2 N–H and O–H groups in total. The van der Waals surface area contributed by atoms with Crippen LogP contribution in [0.2, 0.25) is 0 Å². The number of H-pyrrole nitrogens is 1. The number of para-hydroxylation sites is 1. The van der Waals surface area contributed by atoms with E-state index in [4.69, 9.17) is 4.84 Å². The SMILES string of the molecule is O=C(CCNC(=O)c1n[nH]c2ccccc12)ON1C(=O)c2ccccc2C1=O. The Hall–Kier alpha value is -4.01. The van der Waals surface area contributed by atoms with Gasteiger partial charge in [0.2, 0.25) is 0 Å². The highest BCUT2D eigenvalue weighted by Gasteiger charge is 2.38. The van der Waals surface area contributed by atoms with Crippen molar-refractivity contribution in [3.8, 4) is 0 Å². The maximum atomic E-state index is 12.2. The monoisotopic (exact) mass is 378 g/mol. The van der Waals surface area contributed by atoms with Crippen LogP contribution in [0.5, 0.6) is 0 Å². The van der Waals surface area contributed by atoms with Gasteiger partial charge in [0.05, 0.1) is 23.1 Å². The molecule has 0 bridgehead atoms. The van der Waals surface area contributed by atoms with Crippen molar-refractivity contribution in [3.05, 3.63) is 65.4 Å².